The Kier molecular flexibility index (Phi) is 3.01. The monoisotopic (exact) mass is 268 g/mol. The fourth-order valence-corrected chi connectivity index (χ4v) is 2.90. The smallest absolute Gasteiger partial charge is 0.176 e. The topological polar surface area (TPSA) is 52.0 Å². The Morgan fingerprint density at radius 3 is 2.80 bits per heavy atom. The zero-order chi connectivity index (χ0) is 14.3. The molecule has 2 unspecified atom stereocenters. The van der Waals surface area contributed by atoms with Gasteiger partial charge in [-0.25, -0.2) is 0 Å². The van der Waals surface area contributed by atoms with Crippen LogP contribution in [-0.4, -0.2) is 21.3 Å². The Labute approximate surface area is 117 Å². The zero-order valence-corrected chi connectivity index (χ0v) is 11.5. The summed E-state index contributed by atoms with van der Waals surface area (Å²) >= 11 is 0. The second-order valence-corrected chi connectivity index (χ2v) is 5.41. The predicted octanol–water partition coefficient (Wildman–Crippen LogP) is 2.61. The third-order valence-corrected chi connectivity index (χ3v) is 3.97. The maximum absolute atomic E-state index is 12.5. The van der Waals surface area contributed by atoms with E-state index in [-0.39, 0.29) is 17.5 Å². The molecule has 1 aromatic heterocycles. The molecule has 0 spiro atoms. The molecule has 20 heavy (non-hydrogen) atoms. The summed E-state index contributed by atoms with van der Waals surface area (Å²) in [6.45, 7) is 2.06. The average Bonchev–Trinajstić information content (AvgIpc) is 2.89. The van der Waals surface area contributed by atoms with Crippen molar-refractivity contribution < 1.29 is 9.59 Å². The van der Waals surface area contributed by atoms with Crippen LogP contribution in [0.15, 0.2) is 36.7 Å². The van der Waals surface area contributed by atoms with Crippen LogP contribution in [0, 0.1) is 5.92 Å². The van der Waals surface area contributed by atoms with Crippen molar-refractivity contribution in [3.05, 3.63) is 53.3 Å². The summed E-state index contributed by atoms with van der Waals surface area (Å²) in [5.74, 6) is -0.546. The van der Waals surface area contributed by atoms with Gasteiger partial charge in [0.1, 0.15) is 0 Å². The summed E-state index contributed by atoms with van der Waals surface area (Å²) in [6.07, 6.45) is 3.77. The minimum absolute atomic E-state index is 0.0625. The lowest BCUT2D eigenvalue weighted by Crippen LogP contribution is -2.31. The van der Waals surface area contributed by atoms with Gasteiger partial charge >= 0.3 is 0 Å². The number of Topliss-reactive ketones (excluding diaryl/α,β-unsaturated/α-hetero) is 2. The van der Waals surface area contributed by atoms with E-state index in [0.29, 0.717) is 17.5 Å². The van der Waals surface area contributed by atoms with Crippen LogP contribution < -0.4 is 0 Å². The molecule has 102 valence electrons. The van der Waals surface area contributed by atoms with E-state index in [0.717, 1.165) is 5.56 Å². The zero-order valence-electron chi connectivity index (χ0n) is 11.5. The van der Waals surface area contributed by atoms with Crippen LogP contribution in [0.1, 0.15) is 45.5 Å². The van der Waals surface area contributed by atoms with Gasteiger partial charge in [0.05, 0.1) is 17.7 Å². The quantitative estimate of drug-likeness (QED) is 0.621. The van der Waals surface area contributed by atoms with Gasteiger partial charge in [-0.1, -0.05) is 31.2 Å². The fraction of sp³-hybridized carbons (Fsp3) is 0.312. The molecule has 0 saturated carbocycles. The fourth-order valence-electron chi connectivity index (χ4n) is 2.90. The van der Waals surface area contributed by atoms with Crippen LogP contribution >= 0.6 is 0 Å². The van der Waals surface area contributed by atoms with Crippen molar-refractivity contribution >= 4 is 11.6 Å². The molecule has 1 aromatic carbocycles. The maximum atomic E-state index is 12.5. The third-order valence-electron chi connectivity index (χ3n) is 3.97. The van der Waals surface area contributed by atoms with E-state index < -0.39 is 5.92 Å². The molecule has 0 aliphatic heterocycles. The van der Waals surface area contributed by atoms with E-state index in [4.69, 9.17) is 0 Å². The summed E-state index contributed by atoms with van der Waals surface area (Å²) in [4.78, 5) is 25.0. The molecule has 3 rings (SSSR count). The molecule has 2 aromatic rings. The minimum Gasteiger partial charge on any atom is -0.293 e. The van der Waals surface area contributed by atoms with Gasteiger partial charge in [-0.05, 0) is 17.9 Å². The van der Waals surface area contributed by atoms with Crippen LogP contribution in [0.25, 0.3) is 0 Å². The van der Waals surface area contributed by atoms with Crippen molar-refractivity contribution in [1.29, 1.82) is 0 Å². The van der Waals surface area contributed by atoms with Crippen LogP contribution in [0.2, 0.25) is 0 Å². The average molecular weight is 268 g/mol. The highest BCUT2D eigenvalue weighted by Gasteiger charge is 2.36. The molecule has 4 heteroatoms. The van der Waals surface area contributed by atoms with Gasteiger partial charge in [-0.2, -0.15) is 5.10 Å². The third kappa shape index (κ3) is 1.97. The van der Waals surface area contributed by atoms with Gasteiger partial charge in [0.25, 0.3) is 0 Å². The van der Waals surface area contributed by atoms with Crippen molar-refractivity contribution in [2.24, 2.45) is 13.0 Å². The Morgan fingerprint density at radius 2 is 2.10 bits per heavy atom. The number of nitrogens with zero attached hydrogens (tertiary/aromatic N) is 2. The van der Waals surface area contributed by atoms with Gasteiger partial charge in [0, 0.05) is 18.8 Å². The van der Waals surface area contributed by atoms with Crippen molar-refractivity contribution in [1.82, 2.24) is 9.78 Å². The van der Waals surface area contributed by atoms with Gasteiger partial charge in [-0.15, -0.1) is 0 Å². The van der Waals surface area contributed by atoms with Crippen molar-refractivity contribution in [2.75, 3.05) is 0 Å². The van der Waals surface area contributed by atoms with Crippen molar-refractivity contribution in [3.8, 4) is 0 Å². The summed E-state index contributed by atoms with van der Waals surface area (Å²) in [7, 11) is 1.76. The first kappa shape index (κ1) is 12.8. The first-order valence-electron chi connectivity index (χ1n) is 6.74. The Morgan fingerprint density at radius 1 is 1.35 bits per heavy atom. The Balaban J connectivity index is 1.97. The van der Waals surface area contributed by atoms with E-state index in [1.54, 1.807) is 17.9 Å². The number of ketones is 2. The lowest BCUT2D eigenvalue weighted by Gasteiger charge is -2.27. The van der Waals surface area contributed by atoms with Crippen molar-refractivity contribution in [2.45, 2.75) is 19.3 Å². The first-order chi connectivity index (χ1) is 9.58. The molecule has 0 N–H and O–H groups in total. The molecule has 0 saturated heterocycles. The van der Waals surface area contributed by atoms with Crippen LogP contribution in [-0.2, 0) is 7.05 Å². The molecule has 1 aliphatic carbocycles. The molecular formula is C16H16N2O2. The number of fused-ring (bicyclic) bond motifs is 1. The second-order valence-electron chi connectivity index (χ2n) is 5.41. The van der Waals surface area contributed by atoms with Crippen LogP contribution in [0.5, 0.6) is 0 Å². The lowest BCUT2D eigenvalue weighted by molar-refractivity contribution is 0.0782. The first-order valence-corrected chi connectivity index (χ1v) is 6.74. The second kappa shape index (κ2) is 4.71. The number of aryl methyl sites for hydroxylation is 1. The summed E-state index contributed by atoms with van der Waals surface area (Å²) in [6, 6.07) is 7.58. The maximum Gasteiger partial charge on any atom is 0.176 e. The van der Waals surface area contributed by atoms with Crippen LogP contribution in [0.4, 0.5) is 0 Å². The molecule has 0 bridgehead atoms. The molecule has 0 radical (unpaired) electrons. The minimum atomic E-state index is -0.580. The predicted molar refractivity (Wildman–Crippen MR) is 74.8 cm³/mol. The van der Waals surface area contributed by atoms with Gasteiger partial charge in [-0.3, -0.25) is 14.3 Å². The van der Waals surface area contributed by atoms with E-state index >= 15 is 0 Å². The standard InChI is InChI=1S/C16H16N2O2/c1-10-7-14(15(19)11-8-17-18(2)9-11)16(20)13-6-4-3-5-12(10)13/h3-6,8-10,14H,7H2,1-2H3. The number of carbonyl (C=O) groups excluding carboxylic acids is 2. The highest BCUT2D eigenvalue weighted by atomic mass is 16.2. The number of hydrogen-bond acceptors (Lipinski definition) is 3. The number of carbonyl (C=O) groups is 2. The summed E-state index contributed by atoms with van der Waals surface area (Å²) in [5, 5.41) is 4.01. The summed E-state index contributed by atoms with van der Waals surface area (Å²) < 4.78 is 1.58. The molecule has 0 amide bonds. The summed E-state index contributed by atoms with van der Waals surface area (Å²) in [5.41, 5.74) is 2.25. The molecule has 0 fully saturated rings. The number of hydrogen-bond donors (Lipinski definition) is 0. The Bertz CT molecular complexity index is 687. The van der Waals surface area contributed by atoms with Gasteiger partial charge in [0.15, 0.2) is 11.6 Å². The van der Waals surface area contributed by atoms with E-state index in [9.17, 15) is 9.59 Å². The van der Waals surface area contributed by atoms with Gasteiger partial charge in [0.2, 0.25) is 0 Å². The Hall–Kier alpha value is -2.23. The molecule has 4 nitrogen and oxygen atoms in total. The van der Waals surface area contributed by atoms with Gasteiger partial charge < -0.3 is 0 Å². The molecule has 1 heterocycles. The molecule has 2 atom stereocenters. The molecular weight excluding hydrogens is 252 g/mol. The highest BCUT2D eigenvalue weighted by Crippen LogP contribution is 2.35. The van der Waals surface area contributed by atoms with E-state index in [1.165, 1.54) is 6.20 Å². The van der Waals surface area contributed by atoms with Crippen molar-refractivity contribution in [3.63, 3.8) is 0 Å². The van der Waals surface area contributed by atoms with E-state index in [1.807, 2.05) is 24.3 Å². The SMILES string of the molecule is CC1CC(C(=O)c2cnn(C)c2)C(=O)c2ccccc21. The molecule has 1 aliphatic rings. The van der Waals surface area contributed by atoms with Crippen LogP contribution in [0.3, 0.4) is 0 Å². The number of aromatic nitrogens is 2. The normalized spacial score (nSPS) is 21.6. The lowest BCUT2D eigenvalue weighted by atomic mass is 9.74. The largest absolute Gasteiger partial charge is 0.293 e. The number of rotatable bonds is 2. The van der Waals surface area contributed by atoms with E-state index in [2.05, 4.69) is 12.0 Å². The highest BCUT2D eigenvalue weighted by molar-refractivity contribution is 6.17. The number of benzene rings is 1.